The molecule has 0 saturated heterocycles. The predicted molar refractivity (Wildman–Crippen MR) is 184 cm³/mol. The highest BCUT2D eigenvalue weighted by atomic mass is 32.2. The first kappa shape index (κ1) is 41.6. The van der Waals surface area contributed by atoms with Crippen molar-refractivity contribution >= 4 is 16.0 Å². The van der Waals surface area contributed by atoms with Gasteiger partial charge in [0.1, 0.15) is 0 Å². The van der Waals surface area contributed by atoms with Crippen LogP contribution in [-0.4, -0.2) is 41.9 Å². The van der Waals surface area contributed by atoms with Crippen LogP contribution >= 0.6 is 0 Å². The summed E-state index contributed by atoms with van der Waals surface area (Å²) in [5.41, 5.74) is 0. The zero-order valence-corrected chi connectivity index (χ0v) is 28.6. The van der Waals surface area contributed by atoms with Crippen LogP contribution in [0.4, 0.5) is 0 Å². The molecule has 0 rings (SSSR count). The summed E-state index contributed by atoms with van der Waals surface area (Å²) < 4.78 is 32.2. The van der Waals surface area contributed by atoms with E-state index in [0.29, 0.717) is 6.42 Å². The minimum absolute atomic E-state index is 0.283. The summed E-state index contributed by atoms with van der Waals surface area (Å²) in [6.45, 7) is 4.44. The van der Waals surface area contributed by atoms with Crippen LogP contribution in [0, 0.1) is 0 Å². The number of allylic oxidation sites excluding steroid dienone is 5. The third-order valence-corrected chi connectivity index (χ3v) is 8.58. The van der Waals surface area contributed by atoms with Crippen molar-refractivity contribution in [2.75, 3.05) is 5.75 Å². The van der Waals surface area contributed by atoms with Crippen LogP contribution < -0.4 is 5.32 Å². The SMILES string of the molecule is CCCCCCCCCCCCC/C=C/CC/C=C/CC/C=C/C(O)C(CS(=O)(=O)O)NC(=O)CCCCCCCCC. The maximum atomic E-state index is 12.3. The van der Waals surface area contributed by atoms with Gasteiger partial charge in [0.2, 0.25) is 5.91 Å². The quantitative estimate of drug-likeness (QED) is 0.0404. The Hall–Kier alpha value is -1.44. The third kappa shape index (κ3) is 31.8. The number of carbonyl (C=O) groups is 1. The van der Waals surface area contributed by atoms with E-state index in [-0.39, 0.29) is 12.3 Å². The maximum absolute atomic E-state index is 12.3. The molecule has 252 valence electrons. The smallest absolute Gasteiger partial charge is 0.267 e. The van der Waals surface area contributed by atoms with Crippen molar-refractivity contribution in [3.63, 3.8) is 0 Å². The van der Waals surface area contributed by atoms with Gasteiger partial charge in [-0.3, -0.25) is 9.35 Å². The molecule has 0 fully saturated rings. The van der Waals surface area contributed by atoms with E-state index in [0.717, 1.165) is 44.9 Å². The second-order valence-electron chi connectivity index (χ2n) is 12.1. The van der Waals surface area contributed by atoms with E-state index >= 15 is 0 Å². The number of aliphatic hydroxyl groups is 1. The second-order valence-corrected chi connectivity index (χ2v) is 13.6. The first-order valence-electron chi connectivity index (χ1n) is 17.7. The standard InChI is InChI=1S/C36H67NO5S/c1-3-5-7-9-11-12-13-14-15-16-17-18-19-20-21-22-23-24-26-27-29-31-35(38)34(33-43(40,41)42)37-36(39)32-30-28-25-10-8-6-4-2/h19-20,23-24,29,31,34-35,38H,3-18,21-22,25-28,30,32-33H2,1-2H3,(H,37,39)(H,40,41,42)/b20-19+,24-23+,31-29+. The monoisotopic (exact) mass is 625 g/mol. The lowest BCUT2D eigenvalue weighted by Crippen LogP contribution is -2.46. The Labute approximate surface area is 266 Å². The van der Waals surface area contributed by atoms with Gasteiger partial charge in [-0.1, -0.05) is 153 Å². The summed E-state index contributed by atoms with van der Waals surface area (Å²) in [6, 6.07) is -1.07. The zero-order chi connectivity index (χ0) is 31.9. The molecule has 0 aliphatic carbocycles. The Balaban J connectivity index is 3.99. The Kier molecular flexibility index (Phi) is 29.6. The van der Waals surface area contributed by atoms with Gasteiger partial charge in [0.05, 0.1) is 17.9 Å². The molecule has 0 heterocycles. The van der Waals surface area contributed by atoms with Gasteiger partial charge in [-0.05, 0) is 44.9 Å². The molecule has 2 atom stereocenters. The van der Waals surface area contributed by atoms with E-state index in [4.69, 9.17) is 0 Å². The van der Waals surface area contributed by atoms with Crippen molar-refractivity contribution in [3.8, 4) is 0 Å². The molecule has 0 spiro atoms. The fraction of sp³-hybridized carbons (Fsp3) is 0.806. The maximum Gasteiger partial charge on any atom is 0.267 e. The molecule has 43 heavy (non-hydrogen) atoms. The largest absolute Gasteiger partial charge is 0.387 e. The van der Waals surface area contributed by atoms with Crippen LogP contribution in [0.3, 0.4) is 0 Å². The lowest BCUT2D eigenvalue weighted by molar-refractivity contribution is -0.122. The third-order valence-electron chi connectivity index (χ3n) is 7.80. The highest BCUT2D eigenvalue weighted by molar-refractivity contribution is 7.85. The first-order valence-corrected chi connectivity index (χ1v) is 19.3. The Morgan fingerprint density at radius 3 is 1.47 bits per heavy atom. The summed E-state index contributed by atoms with van der Waals surface area (Å²) in [4.78, 5) is 12.3. The molecule has 6 nitrogen and oxygen atoms in total. The van der Waals surface area contributed by atoms with Crippen molar-refractivity contribution < 1.29 is 22.9 Å². The van der Waals surface area contributed by atoms with E-state index in [2.05, 4.69) is 43.5 Å². The van der Waals surface area contributed by atoms with Crippen LogP contribution in [0.1, 0.15) is 168 Å². The van der Waals surface area contributed by atoms with E-state index in [1.54, 1.807) is 6.08 Å². The molecule has 1 amide bonds. The highest BCUT2D eigenvalue weighted by Crippen LogP contribution is 2.13. The van der Waals surface area contributed by atoms with Gasteiger partial charge in [-0.2, -0.15) is 8.42 Å². The number of carbonyl (C=O) groups excluding carboxylic acids is 1. The summed E-state index contributed by atoms with van der Waals surface area (Å²) in [5.74, 6) is -1.01. The molecule has 0 saturated carbocycles. The molecule has 0 aromatic rings. The fourth-order valence-corrected chi connectivity index (χ4v) is 5.86. The minimum atomic E-state index is -4.34. The van der Waals surface area contributed by atoms with E-state index < -0.39 is 28.0 Å². The van der Waals surface area contributed by atoms with Gasteiger partial charge < -0.3 is 10.4 Å². The van der Waals surface area contributed by atoms with Gasteiger partial charge in [0, 0.05) is 6.42 Å². The van der Waals surface area contributed by atoms with Crippen LogP contribution in [-0.2, 0) is 14.9 Å². The van der Waals surface area contributed by atoms with Crippen molar-refractivity contribution in [2.45, 2.75) is 180 Å². The van der Waals surface area contributed by atoms with Crippen LogP contribution in [0.15, 0.2) is 36.5 Å². The fourth-order valence-electron chi connectivity index (χ4n) is 5.13. The highest BCUT2D eigenvalue weighted by Gasteiger charge is 2.24. The molecule has 3 N–H and O–H groups in total. The van der Waals surface area contributed by atoms with Gasteiger partial charge in [-0.25, -0.2) is 0 Å². The molecule has 7 heteroatoms. The Morgan fingerprint density at radius 1 is 0.605 bits per heavy atom. The summed E-state index contributed by atoms with van der Waals surface area (Å²) >= 11 is 0. The van der Waals surface area contributed by atoms with Crippen molar-refractivity contribution in [1.82, 2.24) is 5.32 Å². The molecular weight excluding hydrogens is 558 g/mol. The van der Waals surface area contributed by atoms with Crippen molar-refractivity contribution in [3.05, 3.63) is 36.5 Å². The van der Waals surface area contributed by atoms with E-state index in [1.165, 1.54) is 102 Å². The second kappa shape index (κ2) is 30.6. The summed E-state index contributed by atoms with van der Waals surface area (Å²) in [5, 5.41) is 13.1. The molecule has 0 bridgehead atoms. The van der Waals surface area contributed by atoms with Crippen LogP contribution in [0.25, 0.3) is 0 Å². The number of hydrogen-bond donors (Lipinski definition) is 3. The van der Waals surface area contributed by atoms with Crippen molar-refractivity contribution in [2.24, 2.45) is 0 Å². The van der Waals surface area contributed by atoms with Gasteiger partial charge >= 0.3 is 0 Å². The number of aliphatic hydroxyl groups excluding tert-OH is 1. The zero-order valence-electron chi connectivity index (χ0n) is 27.8. The van der Waals surface area contributed by atoms with Gasteiger partial charge in [0.15, 0.2) is 0 Å². The van der Waals surface area contributed by atoms with Gasteiger partial charge in [-0.15, -0.1) is 0 Å². The topological polar surface area (TPSA) is 104 Å². The average Bonchev–Trinajstić information content (AvgIpc) is 2.96. The first-order chi connectivity index (χ1) is 20.8. The molecule has 0 aromatic heterocycles. The Morgan fingerprint density at radius 2 is 1.00 bits per heavy atom. The van der Waals surface area contributed by atoms with Crippen LogP contribution in [0.5, 0.6) is 0 Å². The normalized spacial score (nSPS) is 13.9. The minimum Gasteiger partial charge on any atom is -0.387 e. The molecular formula is C36H67NO5S. The molecule has 0 aliphatic heterocycles. The number of nitrogens with one attached hydrogen (secondary N) is 1. The number of hydrogen-bond acceptors (Lipinski definition) is 4. The molecule has 0 aromatic carbocycles. The van der Waals surface area contributed by atoms with Gasteiger partial charge in [0.25, 0.3) is 10.1 Å². The lowest BCUT2D eigenvalue weighted by atomic mass is 10.1. The lowest BCUT2D eigenvalue weighted by Gasteiger charge is -2.21. The van der Waals surface area contributed by atoms with E-state index in [9.17, 15) is 22.9 Å². The molecule has 0 radical (unpaired) electrons. The Bertz CT molecular complexity index is 821. The van der Waals surface area contributed by atoms with Crippen molar-refractivity contribution in [1.29, 1.82) is 0 Å². The molecule has 2 unspecified atom stereocenters. The van der Waals surface area contributed by atoms with Crippen LogP contribution in [0.2, 0.25) is 0 Å². The average molecular weight is 626 g/mol. The number of amides is 1. The summed E-state index contributed by atoms with van der Waals surface area (Å²) in [6.07, 6.45) is 38.7. The predicted octanol–water partition coefficient (Wildman–Crippen LogP) is 9.79. The number of rotatable bonds is 31. The molecule has 0 aliphatic rings. The summed E-state index contributed by atoms with van der Waals surface area (Å²) in [7, 11) is -4.34. The number of unbranched alkanes of at least 4 members (excludes halogenated alkanes) is 19. The van der Waals surface area contributed by atoms with E-state index in [1.807, 2.05) is 0 Å².